The predicted octanol–water partition coefficient (Wildman–Crippen LogP) is 4.33. The number of pyridine rings is 1. The maximum Gasteiger partial charge on any atom is 0.510 e. The van der Waals surface area contributed by atoms with Gasteiger partial charge in [0.2, 0.25) is 18.0 Å². The van der Waals surface area contributed by atoms with E-state index in [-0.39, 0.29) is 23.4 Å². The number of hydrogen-bond acceptors (Lipinski definition) is 9. The molecule has 3 aliphatic rings. The summed E-state index contributed by atoms with van der Waals surface area (Å²) >= 11 is 1.85. The quantitative estimate of drug-likeness (QED) is 0.324. The smallest absolute Gasteiger partial charge is 0.451 e. The van der Waals surface area contributed by atoms with Gasteiger partial charge in [-0.1, -0.05) is 48.9 Å². The third kappa shape index (κ3) is 5.34. The molecule has 1 fully saturated rings. The first-order valence-corrected chi connectivity index (χ1v) is 15.1. The average Bonchev–Trinajstić information content (AvgIpc) is 3.05. The standard InChI is InChI=1S/C31H33N3O7S/c1-38-31(37)41-20-40-29-24(35)14-15-33-28(29)30(36)32-16-17-39-19-26(32)34(33)27-22-11-5-4-10-21(22)9-3-2-8-18-42-25-13-7-6-12-23(25)27/h4-7,10-15,26-27H,2-3,8-9,16-20H2,1H3. The highest BCUT2D eigenvalue weighted by Gasteiger charge is 2.45. The molecule has 0 aliphatic carbocycles. The molecule has 220 valence electrons. The predicted molar refractivity (Wildman–Crippen MR) is 157 cm³/mol. The van der Waals surface area contributed by atoms with E-state index in [1.54, 1.807) is 15.8 Å². The van der Waals surface area contributed by atoms with Gasteiger partial charge < -0.3 is 23.8 Å². The average molecular weight is 592 g/mol. The van der Waals surface area contributed by atoms with E-state index in [0.29, 0.717) is 19.8 Å². The summed E-state index contributed by atoms with van der Waals surface area (Å²) in [4.78, 5) is 41.6. The SMILES string of the molecule is COC(=O)OCOc1c2n(ccc1=O)N(C1c3ccccc3CCCCCSc3ccccc31)C1COCCN1C2=O. The summed E-state index contributed by atoms with van der Waals surface area (Å²) in [5.41, 5.74) is 3.07. The minimum absolute atomic E-state index is 0.0750. The van der Waals surface area contributed by atoms with Crippen LogP contribution in [0, 0.1) is 0 Å². The van der Waals surface area contributed by atoms with E-state index in [2.05, 4.69) is 52.2 Å². The number of carbonyl (C=O) groups is 2. The summed E-state index contributed by atoms with van der Waals surface area (Å²) in [6, 6.07) is 17.9. The number of thioether (sulfide) groups is 1. The van der Waals surface area contributed by atoms with E-state index in [1.165, 1.54) is 23.6 Å². The summed E-state index contributed by atoms with van der Waals surface area (Å²) in [5.74, 6) is 0.477. The lowest BCUT2D eigenvalue weighted by Gasteiger charge is -2.51. The summed E-state index contributed by atoms with van der Waals surface area (Å²) in [7, 11) is 1.18. The molecule has 3 aliphatic heterocycles. The van der Waals surface area contributed by atoms with Crippen molar-refractivity contribution in [2.75, 3.05) is 44.4 Å². The third-order valence-corrected chi connectivity index (χ3v) is 9.05. The van der Waals surface area contributed by atoms with Gasteiger partial charge in [-0.15, -0.1) is 11.8 Å². The molecule has 0 radical (unpaired) electrons. The number of nitrogens with zero attached hydrogens (tertiary/aromatic N) is 3. The van der Waals surface area contributed by atoms with Crippen LogP contribution in [0.15, 0.2) is 70.5 Å². The first-order chi connectivity index (χ1) is 20.6. The van der Waals surface area contributed by atoms with Crippen molar-refractivity contribution in [1.29, 1.82) is 0 Å². The molecule has 6 rings (SSSR count). The lowest BCUT2D eigenvalue weighted by Crippen LogP contribution is -2.66. The Morgan fingerprint density at radius 2 is 1.83 bits per heavy atom. The van der Waals surface area contributed by atoms with Crippen LogP contribution in [0.2, 0.25) is 0 Å². The number of amides is 1. The molecular formula is C31H33N3O7S. The van der Waals surface area contributed by atoms with Gasteiger partial charge in [-0.2, -0.15) is 0 Å². The fourth-order valence-corrected chi connectivity index (χ4v) is 7.04. The van der Waals surface area contributed by atoms with Gasteiger partial charge in [-0.05, 0) is 47.8 Å². The molecular weight excluding hydrogens is 558 g/mol. The van der Waals surface area contributed by atoms with Gasteiger partial charge in [0.05, 0.1) is 26.4 Å². The zero-order chi connectivity index (χ0) is 29.1. The molecule has 11 heteroatoms. The highest BCUT2D eigenvalue weighted by molar-refractivity contribution is 7.99. The molecule has 0 saturated carbocycles. The topological polar surface area (TPSA) is 99.5 Å². The van der Waals surface area contributed by atoms with Crippen molar-refractivity contribution in [3.8, 4) is 5.75 Å². The Labute approximate surface area is 248 Å². The van der Waals surface area contributed by atoms with Crippen LogP contribution in [-0.4, -0.2) is 67.2 Å². The van der Waals surface area contributed by atoms with Crippen LogP contribution in [0.3, 0.4) is 0 Å². The Balaban J connectivity index is 1.57. The zero-order valence-electron chi connectivity index (χ0n) is 23.4. The molecule has 1 amide bonds. The monoisotopic (exact) mass is 591 g/mol. The van der Waals surface area contributed by atoms with E-state index in [9.17, 15) is 14.4 Å². The van der Waals surface area contributed by atoms with Crippen molar-refractivity contribution in [3.05, 3.63) is 93.4 Å². The van der Waals surface area contributed by atoms with E-state index >= 15 is 0 Å². The molecule has 2 atom stereocenters. The molecule has 0 N–H and O–H groups in total. The minimum Gasteiger partial charge on any atom is -0.451 e. The maximum atomic E-state index is 14.0. The second-order valence-electron chi connectivity index (χ2n) is 10.3. The van der Waals surface area contributed by atoms with Crippen LogP contribution in [0.25, 0.3) is 0 Å². The van der Waals surface area contributed by atoms with Gasteiger partial charge in [0.1, 0.15) is 6.17 Å². The third-order valence-electron chi connectivity index (χ3n) is 7.88. The molecule has 2 unspecified atom stereocenters. The fraction of sp³-hybridized carbons (Fsp3) is 0.387. The Morgan fingerprint density at radius 3 is 2.69 bits per heavy atom. The molecule has 1 aromatic heterocycles. The van der Waals surface area contributed by atoms with Crippen LogP contribution in [0.5, 0.6) is 5.75 Å². The van der Waals surface area contributed by atoms with Gasteiger partial charge in [0, 0.05) is 23.7 Å². The van der Waals surface area contributed by atoms with Gasteiger partial charge >= 0.3 is 6.16 Å². The second kappa shape index (κ2) is 12.5. The molecule has 42 heavy (non-hydrogen) atoms. The van der Waals surface area contributed by atoms with Crippen molar-refractivity contribution in [1.82, 2.24) is 9.58 Å². The highest BCUT2D eigenvalue weighted by atomic mass is 32.2. The second-order valence-corrected chi connectivity index (χ2v) is 11.4. The van der Waals surface area contributed by atoms with Gasteiger partial charge in [-0.3, -0.25) is 19.3 Å². The van der Waals surface area contributed by atoms with Crippen LogP contribution in [0.4, 0.5) is 4.79 Å². The van der Waals surface area contributed by atoms with Crippen molar-refractivity contribution in [2.45, 2.75) is 42.8 Å². The first-order valence-electron chi connectivity index (χ1n) is 14.1. The summed E-state index contributed by atoms with van der Waals surface area (Å²) < 4.78 is 22.8. The van der Waals surface area contributed by atoms with Gasteiger partial charge in [-0.25, -0.2) is 4.79 Å². The Kier molecular flexibility index (Phi) is 8.38. The molecule has 3 aromatic rings. The Bertz CT molecular complexity index is 1470. The van der Waals surface area contributed by atoms with Crippen LogP contribution in [-0.2, 0) is 20.6 Å². The highest BCUT2D eigenvalue weighted by Crippen LogP contribution is 2.41. The number of methoxy groups -OCH3 is 1. The lowest BCUT2D eigenvalue weighted by atomic mass is 9.90. The van der Waals surface area contributed by atoms with Crippen LogP contribution < -0.4 is 15.2 Å². The number of aromatic nitrogens is 1. The summed E-state index contributed by atoms with van der Waals surface area (Å²) in [6.07, 6.45) is 4.53. The van der Waals surface area contributed by atoms with E-state index in [0.717, 1.165) is 42.6 Å². The van der Waals surface area contributed by atoms with Crippen molar-refractivity contribution < 1.29 is 28.5 Å². The fourth-order valence-electron chi connectivity index (χ4n) is 5.95. The molecule has 4 heterocycles. The normalized spacial score (nSPS) is 20.3. The van der Waals surface area contributed by atoms with Crippen LogP contribution >= 0.6 is 11.8 Å². The summed E-state index contributed by atoms with van der Waals surface area (Å²) in [5, 5.41) is 2.14. The zero-order valence-corrected chi connectivity index (χ0v) is 24.2. The minimum atomic E-state index is -0.954. The number of ether oxygens (including phenoxy) is 4. The number of benzene rings is 2. The van der Waals surface area contributed by atoms with Gasteiger partial charge in [0.15, 0.2) is 5.69 Å². The van der Waals surface area contributed by atoms with Gasteiger partial charge in [0.25, 0.3) is 5.91 Å². The first kappa shape index (κ1) is 28.2. The number of carbonyl (C=O) groups excluding carboxylic acids is 2. The lowest BCUT2D eigenvalue weighted by molar-refractivity contribution is -0.0209. The van der Waals surface area contributed by atoms with Crippen LogP contribution in [0.1, 0.15) is 52.5 Å². The number of morpholine rings is 1. The molecule has 1 saturated heterocycles. The number of rotatable bonds is 4. The molecule has 10 nitrogen and oxygen atoms in total. The van der Waals surface area contributed by atoms with E-state index in [1.807, 2.05) is 17.8 Å². The number of hydrogen-bond donors (Lipinski definition) is 0. The molecule has 0 bridgehead atoms. The molecule has 2 aromatic carbocycles. The Hall–Kier alpha value is -3.96. The number of fused-ring (bicyclic) bond motifs is 4. The largest absolute Gasteiger partial charge is 0.510 e. The van der Waals surface area contributed by atoms with Crippen molar-refractivity contribution in [2.24, 2.45) is 0 Å². The van der Waals surface area contributed by atoms with E-state index in [4.69, 9.17) is 14.2 Å². The maximum absolute atomic E-state index is 14.0. The van der Waals surface area contributed by atoms with E-state index < -0.39 is 24.5 Å². The summed E-state index contributed by atoms with van der Waals surface area (Å²) in [6.45, 7) is 0.450. The number of aryl methyl sites for hydroxylation is 1. The Morgan fingerprint density at radius 1 is 1.02 bits per heavy atom. The van der Waals surface area contributed by atoms with Crippen molar-refractivity contribution >= 4 is 23.8 Å². The molecule has 0 spiro atoms. The van der Waals surface area contributed by atoms with Crippen molar-refractivity contribution in [3.63, 3.8) is 0 Å².